The molecule has 4 nitrogen and oxygen atoms in total. The van der Waals surface area contributed by atoms with Crippen molar-refractivity contribution in [1.82, 2.24) is 9.97 Å². The van der Waals surface area contributed by atoms with E-state index in [4.69, 9.17) is 11.6 Å². The highest BCUT2D eigenvalue weighted by atomic mass is 35.5. The number of amides is 1. The second-order valence-electron chi connectivity index (χ2n) is 4.20. The summed E-state index contributed by atoms with van der Waals surface area (Å²) in [7, 11) is 0. The average Bonchev–Trinajstić information content (AvgIpc) is 2.47. The van der Waals surface area contributed by atoms with Gasteiger partial charge in [0.05, 0.1) is 5.52 Å². The Kier molecular flexibility index (Phi) is 3.31. The number of hydrogen-bond acceptors (Lipinski definition) is 3. The first kappa shape index (κ1) is 12.6. The van der Waals surface area contributed by atoms with Crippen molar-refractivity contribution >= 4 is 34.2 Å². The summed E-state index contributed by atoms with van der Waals surface area (Å²) in [6, 6.07) is 14.4. The van der Waals surface area contributed by atoms with E-state index in [2.05, 4.69) is 15.3 Å². The van der Waals surface area contributed by atoms with Crippen LogP contribution in [-0.2, 0) is 0 Å². The molecule has 0 fully saturated rings. The quantitative estimate of drug-likeness (QED) is 0.783. The number of nitrogens with one attached hydrogen (secondary N) is 1. The third-order valence-corrected chi connectivity index (χ3v) is 3.03. The summed E-state index contributed by atoms with van der Waals surface area (Å²) in [6.45, 7) is 0. The van der Waals surface area contributed by atoms with Crippen LogP contribution in [0.25, 0.3) is 10.9 Å². The van der Waals surface area contributed by atoms with E-state index in [-0.39, 0.29) is 5.91 Å². The molecule has 5 heteroatoms. The number of anilines is 1. The number of fused-ring (bicyclic) bond motifs is 1. The molecule has 0 spiro atoms. The maximum Gasteiger partial charge on any atom is 0.275 e. The van der Waals surface area contributed by atoms with Gasteiger partial charge < -0.3 is 5.32 Å². The maximum absolute atomic E-state index is 12.1. The summed E-state index contributed by atoms with van der Waals surface area (Å²) in [5, 5.41) is 4.17. The Bertz CT molecular complexity index is 789. The normalized spacial score (nSPS) is 10.4. The second kappa shape index (κ2) is 5.27. The molecule has 0 aliphatic carbocycles. The number of aromatic nitrogens is 2. The van der Waals surface area contributed by atoms with Gasteiger partial charge in [0.25, 0.3) is 5.91 Å². The summed E-state index contributed by atoms with van der Waals surface area (Å²) in [6.07, 6.45) is 1.53. The number of pyridine rings is 2. The summed E-state index contributed by atoms with van der Waals surface area (Å²) < 4.78 is 0. The summed E-state index contributed by atoms with van der Waals surface area (Å²) in [5.41, 5.74) is 1.12. The molecule has 0 aliphatic rings. The Labute approximate surface area is 120 Å². The van der Waals surface area contributed by atoms with Crippen LogP contribution in [0.1, 0.15) is 10.5 Å². The van der Waals surface area contributed by atoms with E-state index in [9.17, 15) is 4.79 Å². The minimum Gasteiger partial charge on any atom is -0.305 e. The smallest absolute Gasteiger partial charge is 0.275 e. The van der Waals surface area contributed by atoms with Gasteiger partial charge in [0, 0.05) is 16.6 Å². The Morgan fingerprint density at radius 2 is 1.95 bits per heavy atom. The number of halogens is 1. The van der Waals surface area contributed by atoms with Gasteiger partial charge in [0.2, 0.25) is 0 Å². The molecule has 98 valence electrons. The molecule has 0 saturated heterocycles. The van der Waals surface area contributed by atoms with Gasteiger partial charge in [-0.2, -0.15) is 0 Å². The Morgan fingerprint density at radius 3 is 2.80 bits per heavy atom. The van der Waals surface area contributed by atoms with Crippen LogP contribution in [0.5, 0.6) is 0 Å². The lowest BCUT2D eigenvalue weighted by atomic mass is 10.2. The molecule has 20 heavy (non-hydrogen) atoms. The standard InChI is InChI=1S/C15H10ClN3O/c16-11-7-8-17-14(9-11)19-15(20)13-6-5-10-3-1-2-4-12(10)18-13/h1-9H,(H,17,19,20). The fourth-order valence-electron chi connectivity index (χ4n) is 1.85. The molecule has 3 rings (SSSR count). The molecule has 1 aromatic carbocycles. The molecule has 1 amide bonds. The number of benzene rings is 1. The van der Waals surface area contributed by atoms with Crippen LogP contribution in [0.3, 0.4) is 0 Å². The first-order valence-corrected chi connectivity index (χ1v) is 6.39. The number of carbonyl (C=O) groups is 1. The minimum atomic E-state index is -0.314. The van der Waals surface area contributed by atoms with Crippen molar-refractivity contribution in [3.8, 4) is 0 Å². The molecule has 2 aromatic heterocycles. The van der Waals surface area contributed by atoms with E-state index in [1.165, 1.54) is 6.20 Å². The third kappa shape index (κ3) is 2.60. The van der Waals surface area contributed by atoms with Crippen molar-refractivity contribution < 1.29 is 4.79 Å². The highest BCUT2D eigenvalue weighted by Gasteiger charge is 2.09. The molecule has 2 heterocycles. The maximum atomic E-state index is 12.1. The zero-order valence-electron chi connectivity index (χ0n) is 10.4. The van der Waals surface area contributed by atoms with Crippen LogP contribution in [-0.4, -0.2) is 15.9 Å². The Morgan fingerprint density at radius 1 is 1.10 bits per heavy atom. The van der Waals surface area contributed by atoms with E-state index >= 15 is 0 Å². The van der Waals surface area contributed by atoms with Crippen LogP contribution in [0.4, 0.5) is 5.82 Å². The fourth-order valence-corrected chi connectivity index (χ4v) is 2.01. The topological polar surface area (TPSA) is 54.9 Å². The second-order valence-corrected chi connectivity index (χ2v) is 4.64. The Hall–Kier alpha value is -2.46. The van der Waals surface area contributed by atoms with Crippen molar-refractivity contribution in [3.05, 3.63) is 65.4 Å². The number of carbonyl (C=O) groups excluding carboxylic acids is 1. The van der Waals surface area contributed by atoms with Crippen LogP contribution < -0.4 is 5.32 Å². The van der Waals surface area contributed by atoms with E-state index in [0.717, 1.165) is 10.9 Å². The number of para-hydroxylation sites is 1. The minimum absolute atomic E-state index is 0.314. The molecule has 3 aromatic rings. The van der Waals surface area contributed by atoms with Crippen LogP contribution >= 0.6 is 11.6 Å². The zero-order chi connectivity index (χ0) is 13.9. The molecule has 0 aliphatic heterocycles. The van der Waals surface area contributed by atoms with Gasteiger partial charge in [-0.15, -0.1) is 0 Å². The summed E-state index contributed by atoms with van der Waals surface area (Å²) in [5.74, 6) is 0.0861. The highest BCUT2D eigenvalue weighted by molar-refractivity contribution is 6.30. The fraction of sp³-hybridized carbons (Fsp3) is 0. The van der Waals surface area contributed by atoms with Crippen molar-refractivity contribution in [2.45, 2.75) is 0 Å². The predicted octanol–water partition coefficient (Wildman–Crippen LogP) is 3.54. The largest absolute Gasteiger partial charge is 0.305 e. The number of hydrogen-bond donors (Lipinski definition) is 1. The van der Waals surface area contributed by atoms with E-state index in [0.29, 0.717) is 16.5 Å². The van der Waals surface area contributed by atoms with Gasteiger partial charge in [-0.05, 0) is 24.3 Å². The van der Waals surface area contributed by atoms with E-state index in [1.54, 1.807) is 18.2 Å². The highest BCUT2D eigenvalue weighted by Crippen LogP contribution is 2.15. The summed E-state index contributed by atoms with van der Waals surface area (Å²) >= 11 is 5.85. The van der Waals surface area contributed by atoms with Crippen molar-refractivity contribution in [2.24, 2.45) is 0 Å². The Balaban J connectivity index is 1.88. The lowest BCUT2D eigenvalue weighted by molar-refractivity contribution is 0.102. The molecule has 1 N–H and O–H groups in total. The van der Waals surface area contributed by atoms with Crippen LogP contribution in [0.15, 0.2) is 54.7 Å². The zero-order valence-corrected chi connectivity index (χ0v) is 11.1. The van der Waals surface area contributed by atoms with Gasteiger partial charge in [0.15, 0.2) is 0 Å². The molecule has 0 bridgehead atoms. The third-order valence-electron chi connectivity index (χ3n) is 2.79. The van der Waals surface area contributed by atoms with Crippen molar-refractivity contribution in [3.63, 3.8) is 0 Å². The molecule has 0 saturated carbocycles. The number of rotatable bonds is 2. The van der Waals surface area contributed by atoms with Gasteiger partial charge in [-0.25, -0.2) is 9.97 Å². The molecule has 0 radical (unpaired) electrons. The predicted molar refractivity (Wildman–Crippen MR) is 78.9 cm³/mol. The molecule has 0 atom stereocenters. The van der Waals surface area contributed by atoms with Gasteiger partial charge in [-0.3, -0.25) is 4.79 Å². The van der Waals surface area contributed by atoms with E-state index in [1.807, 2.05) is 30.3 Å². The van der Waals surface area contributed by atoms with Gasteiger partial charge in [-0.1, -0.05) is 35.9 Å². The molecule has 0 unspecified atom stereocenters. The van der Waals surface area contributed by atoms with Crippen LogP contribution in [0, 0.1) is 0 Å². The van der Waals surface area contributed by atoms with Crippen molar-refractivity contribution in [2.75, 3.05) is 5.32 Å². The first-order valence-electron chi connectivity index (χ1n) is 6.01. The van der Waals surface area contributed by atoms with Gasteiger partial charge >= 0.3 is 0 Å². The molecular formula is C15H10ClN3O. The van der Waals surface area contributed by atoms with Gasteiger partial charge in [0.1, 0.15) is 11.5 Å². The SMILES string of the molecule is O=C(Nc1cc(Cl)ccn1)c1ccc2ccccc2n1. The van der Waals surface area contributed by atoms with Crippen LogP contribution in [0.2, 0.25) is 5.02 Å². The molecular weight excluding hydrogens is 274 g/mol. The van der Waals surface area contributed by atoms with Crippen molar-refractivity contribution in [1.29, 1.82) is 0 Å². The lowest BCUT2D eigenvalue weighted by Crippen LogP contribution is -2.14. The lowest BCUT2D eigenvalue weighted by Gasteiger charge is -2.05. The average molecular weight is 284 g/mol. The first-order chi connectivity index (χ1) is 9.72. The number of nitrogens with zero attached hydrogens (tertiary/aromatic N) is 2. The van der Waals surface area contributed by atoms with E-state index < -0.39 is 0 Å². The monoisotopic (exact) mass is 283 g/mol. The summed E-state index contributed by atoms with van der Waals surface area (Å²) in [4.78, 5) is 20.5.